The van der Waals surface area contributed by atoms with Crippen LogP contribution in [0, 0.1) is 23.2 Å². The Morgan fingerprint density at radius 3 is 2.65 bits per heavy atom. The summed E-state index contributed by atoms with van der Waals surface area (Å²) < 4.78 is 0.896. The van der Waals surface area contributed by atoms with Crippen LogP contribution in [0.5, 0.6) is 0 Å². The van der Waals surface area contributed by atoms with Crippen LogP contribution in [0.1, 0.15) is 39.7 Å². The van der Waals surface area contributed by atoms with Crippen molar-refractivity contribution in [3.8, 4) is 11.8 Å². The fraction of sp³-hybridized carbons (Fsp3) is 0.500. The summed E-state index contributed by atoms with van der Waals surface area (Å²) in [4.78, 5) is 13.3. The van der Waals surface area contributed by atoms with Gasteiger partial charge in [0.25, 0.3) is 0 Å². The maximum Gasteiger partial charge on any atom is 0.408 e. The number of nitrogen functional groups attached to an aromatic ring is 1. The van der Waals surface area contributed by atoms with Gasteiger partial charge in [-0.2, -0.15) is 0 Å². The van der Waals surface area contributed by atoms with Crippen LogP contribution in [-0.2, 0) is 0 Å². The van der Waals surface area contributed by atoms with E-state index in [1.54, 1.807) is 6.07 Å². The summed E-state index contributed by atoms with van der Waals surface area (Å²) in [6, 6.07) is 5.54. The SMILES string of the molecule is C[C@@H]1CN(C(=O)O)[C@](C#Cc2ccc(Br)cc2N)(C(C)(C)C)C1. The minimum Gasteiger partial charge on any atom is -0.465 e. The maximum atomic E-state index is 11.8. The molecule has 2 rings (SSSR count). The van der Waals surface area contributed by atoms with E-state index in [0.717, 1.165) is 16.5 Å². The van der Waals surface area contributed by atoms with Gasteiger partial charge in [0, 0.05) is 22.3 Å². The second-order valence-electron chi connectivity index (χ2n) is 7.29. The molecule has 1 aliphatic rings. The van der Waals surface area contributed by atoms with Gasteiger partial charge in [0.15, 0.2) is 0 Å². The number of carboxylic acid groups (broad SMARTS) is 1. The van der Waals surface area contributed by atoms with E-state index < -0.39 is 11.6 Å². The zero-order chi connectivity index (χ0) is 17.4. The van der Waals surface area contributed by atoms with Gasteiger partial charge < -0.3 is 10.8 Å². The number of hydrogen-bond donors (Lipinski definition) is 2. The molecule has 0 bridgehead atoms. The van der Waals surface area contributed by atoms with Crippen LogP contribution in [0.3, 0.4) is 0 Å². The van der Waals surface area contributed by atoms with Crippen LogP contribution >= 0.6 is 15.9 Å². The second kappa shape index (κ2) is 6.09. The highest BCUT2D eigenvalue weighted by molar-refractivity contribution is 9.10. The van der Waals surface area contributed by atoms with E-state index >= 15 is 0 Å². The van der Waals surface area contributed by atoms with Gasteiger partial charge >= 0.3 is 6.09 Å². The monoisotopic (exact) mass is 378 g/mol. The molecule has 1 amide bonds. The summed E-state index contributed by atoms with van der Waals surface area (Å²) in [6.45, 7) is 8.71. The molecule has 5 heteroatoms. The van der Waals surface area contributed by atoms with Crippen LogP contribution in [0.4, 0.5) is 10.5 Å². The Balaban J connectivity index is 2.54. The average molecular weight is 379 g/mol. The number of benzene rings is 1. The highest BCUT2D eigenvalue weighted by Crippen LogP contribution is 2.45. The third-order valence-electron chi connectivity index (χ3n) is 4.49. The van der Waals surface area contributed by atoms with E-state index in [0.29, 0.717) is 12.2 Å². The van der Waals surface area contributed by atoms with Gasteiger partial charge in [0.05, 0.1) is 0 Å². The van der Waals surface area contributed by atoms with E-state index in [1.807, 2.05) is 32.9 Å². The zero-order valence-corrected chi connectivity index (χ0v) is 15.6. The Bertz CT molecular complexity index is 684. The molecule has 1 heterocycles. The van der Waals surface area contributed by atoms with Gasteiger partial charge in [0.1, 0.15) is 5.54 Å². The molecule has 2 atom stereocenters. The molecule has 0 aromatic heterocycles. The van der Waals surface area contributed by atoms with E-state index in [2.05, 4.69) is 34.7 Å². The Kier molecular flexibility index (Phi) is 4.68. The number of likely N-dealkylation sites (tertiary alicyclic amines) is 1. The summed E-state index contributed by atoms with van der Waals surface area (Å²) in [5.74, 6) is 6.69. The fourth-order valence-electron chi connectivity index (χ4n) is 3.22. The quantitative estimate of drug-likeness (QED) is 0.525. The van der Waals surface area contributed by atoms with Gasteiger partial charge in [0.2, 0.25) is 0 Å². The molecular formula is C18H23BrN2O2. The van der Waals surface area contributed by atoms with Crippen LogP contribution in [0.25, 0.3) is 0 Å². The third kappa shape index (κ3) is 3.32. The highest BCUT2D eigenvalue weighted by Gasteiger charge is 2.53. The van der Waals surface area contributed by atoms with Crippen molar-refractivity contribution >= 4 is 27.7 Å². The number of carbonyl (C=O) groups is 1. The lowest BCUT2D eigenvalue weighted by molar-refractivity contribution is 0.0702. The minimum atomic E-state index is -0.914. The van der Waals surface area contributed by atoms with Crippen LogP contribution < -0.4 is 5.73 Å². The Labute approximate surface area is 146 Å². The Morgan fingerprint density at radius 1 is 1.48 bits per heavy atom. The molecule has 4 nitrogen and oxygen atoms in total. The van der Waals surface area contributed by atoms with E-state index in [1.165, 1.54) is 4.90 Å². The first-order valence-corrected chi connectivity index (χ1v) is 8.45. The number of rotatable bonds is 0. The lowest BCUT2D eigenvalue weighted by Gasteiger charge is -2.43. The first kappa shape index (κ1) is 17.7. The molecule has 0 saturated carbocycles. The van der Waals surface area contributed by atoms with Crippen molar-refractivity contribution in [3.63, 3.8) is 0 Å². The number of amides is 1. The van der Waals surface area contributed by atoms with Crippen molar-refractivity contribution < 1.29 is 9.90 Å². The second-order valence-corrected chi connectivity index (χ2v) is 8.21. The van der Waals surface area contributed by atoms with Crippen molar-refractivity contribution in [2.24, 2.45) is 11.3 Å². The molecule has 0 aliphatic carbocycles. The largest absolute Gasteiger partial charge is 0.465 e. The molecule has 1 aliphatic heterocycles. The molecule has 1 fully saturated rings. The molecule has 0 unspecified atom stereocenters. The summed E-state index contributed by atoms with van der Waals surface area (Å²) in [6.07, 6.45) is -0.186. The summed E-state index contributed by atoms with van der Waals surface area (Å²) >= 11 is 3.38. The van der Waals surface area contributed by atoms with Gasteiger partial charge in [-0.3, -0.25) is 4.90 Å². The minimum absolute atomic E-state index is 0.280. The summed E-state index contributed by atoms with van der Waals surface area (Å²) in [5, 5.41) is 9.65. The number of anilines is 1. The lowest BCUT2D eigenvalue weighted by Crippen LogP contribution is -2.54. The third-order valence-corrected chi connectivity index (χ3v) is 4.98. The lowest BCUT2D eigenvalue weighted by atomic mass is 9.71. The first-order valence-electron chi connectivity index (χ1n) is 7.65. The predicted octanol–water partition coefficient (Wildman–Crippen LogP) is 4.19. The first-order chi connectivity index (χ1) is 10.6. The van der Waals surface area contributed by atoms with Crippen molar-refractivity contribution in [1.82, 2.24) is 4.90 Å². The summed E-state index contributed by atoms with van der Waals surface area (Å²) in [7, 11) is 0. The number of halogens is 1. The standard InChI is InChI=1S/C18H23BrN2O2/c1-12-10-18(17(2,3)4,21(11-12)16(22)23)8-7-13-5-6-14(19)9-15(13)20/h5-6,9,12H,10-11,20H2,1-4H3,(H,22,23)/t12-,18-/m0/s1. The Hall–Kier alpha value is -1.67. The average Bonchev–Trinajstić information content (AvgIpc) is 2.76. The molecule has 0 radical (unpaired) electrons. The molecule has 124 valence electrons. The van der Waals surface area contributed by atoms with E-state index in [-0.39, 0.29) is 11.3 Å². The molecule has 0 spiro atoms. The maximum absolute atomic E-state index is 11.8. The van der Waals surface area contributed by atoms with Crippen molar-refractivity contribution in [2.45, 2.75) is 39.7 Å². The van der Waals surface area contributed by atoms with E-state index in [9.17, 15) is 9.90 Å². The predicted molar refractivity (Wildman–Crippen MR) is 96.1 cm³/mol. The number of nitrogens with zero attached hydrogens (tertiary/aromatic N) is 1. The van der Waals surface area contributed by atoms with E-state index in [4.69, 9.17) is 5.73 Å². The molecule has 1 aromatic rings. The van der Waals surface area contributed by atoms with Crippen molar-refractivity contribution in [2.75, 3.05) is 12.3 Å². The fourth-order valence-corrected chi connectivity index (χ4v) is 3.60. The topological polar surface area (TPSA) is 66.6 Å². The molecule has 3 N–H and O–H groups in total. The van der Waals surface area contributed by atoms with Crippen molar-refractivity contribution in [3.05, 3.63) is 28.2 Å². The summed E-state index contributed by atoms with van der Waals surface area (Å²) in [5.41, 5.74) is 6.32. The highest BCUT2D eigenvalue weighted by atomic mass is 79.9. The number of hydrogen-bond acceptors (Lipinski definition) is 2. The zero-order valence-electron chi connectivity index (χ0n) is 14.0. The van der Waals surface area contributed by atoms with Crippen LogP contribution in [0.2, 0.25) is 0 Å². The number of nitrogens with two attached hydrogens (primary N) is 1. The van der Waals surface area contributed by atoms with Gasteiger partial charge in [-0.1, -0.05) is 55.5 Å². The van der Waals surface area contributed by atoms with Crippen molar-refractivity contribution in [1.29, 1.82) is 0 Å². The molecule has 1 aromatic carbocycles. The Morgan fingerprint density at radius 2 is 2.13 bits per heavy atom. The smallest absolute Gasteiger partial charge is 0.408 e. The van der Waals surface area contributed by atoms with Gasteiger partial charge in [-0.25, -0.2) is 4.79 Å². The molecule has 1 saturated heterocycles. The van der Waals surface area contributed by atoms with Gasteiger partial charge in [-0.15, -0.1) is 0 Å². The molecular weight excluding hydrogens is 356 g/mol. The normalized spacial score (nSPS) is 24.2. The molecule has 23 heavy (non-hydrogen) atoms. The van der Waals surface area contributed by atoms with Crippen LogP contribution in [0.15, 0.2) is 22.7 Å². The van der Waals surface area contributed by atoms with Gasteiger partial charge in [-0.05, 0) is 36.0 Å². The van der Waals surface area contributed by atoms with Crippen LogP contribution in [-0.4, -0.2) is 28.2 Å².